The molecule has 0 aliphatic carbocycles. The Bertz CT molecular complexity index is 565. The Morgan fingerprint density at radius 3 is 3.06 bits per heavy atom. The van der Waals surface area contributed by atoms with Gasteiger partial charge < -0.3 is 14.2 Å². The average molecular weight is 299 g/mol. The van der Waals surface area contributed by atoms with Gasteiger partial charge in [-0.3, -0.25) is 0 Å². The van der Waals surface area contributed by atoms with Crippen molar-refractivity contribution in [1.29, 1.82) is 0 Å². The van der Waals surface area contributed by atoms with Gasteiger partial charge in [-0.2, -0.15) is 0 Å². The van der Waals surface area contributed by atoms with E-state index in [0.717, 1.165) is 4.47 Å². The highest BCUT2D eigenvalue weighted by Gasteiger charge is 2.19. The number of fused-ring (bicyclic) bond motifs is 1. The Balaban J connectivity index is 2.71. The number of carbonyl (C=O) groups excluding carboxylic acids is 1. The van der Waals surface area contributed by atoms with Crippen LogP contribution in [0, 0.1) is 0 Å². The molecule has 6 heteroatoms. The van der Waals surface area contributed by atoms with Crippen molar-refractivity contribution in [3.63, 3.8) is 0 Å². The van der Waals surface area contributed by atoms with E-state index in [-0.39, 0.29) is 12.3 Å². The number of aliphatic hydroxyl groups excluding tert-OH is 1. The highest BCUT2D eigenvalue weighted by atomic mass is 79.9. The van der Waals surface area contributed by atoms with Gasteiger partial charge >= 0.3 is 5.97 Å². The third-order valence-electron chi connectivity index (χ3n) is 2.40. The third kappa shape index (κ3) is 2.05. The number of rotatable bonds is 3. The van der Waals surface area contributed by atoms with Crippen molar-refractivity contribution in [2.24, 2.45) is 0 Å². The van der Waals surface area contributed by atoms with E-state index in [0.29, 0.717) is 17.8 Å². The molecule has 2 aromatic heterocycles. The molecule has 0 atom stereocenters. The summed E-state index contributed by atoms with van der Waals surface area (Å²) >= 11 is 3.38. The van der Waals surface area contributed by atoms with E-state index in [2.05, 4.69) is 20.9 Å². The number of aliphatic hydroxyl groups is 1. The van der Waals surface area contributed by atoms with Gasteiger partial charge in [-0.05, 0) is 28.1 Å². The molecule has 0 unspecified atom stereocenters. The molecule has 5 nitrogen and oxygen atoms in total. The van der Waals surface area contributed by atoms with Crippen molar-refractivity contribution in [2.75, 3.05) is 13.7 Å². The molecule has 0 saturated heterocycles. The van der Waals surface area contributed by atoms with Crippen LogP contribution < -0.4 is 0 Å². The molecule has 2 heterocycles. The van der Waals surface area contributed by atoms with Gasteiger partial charge in [-0.15, -0.1) is 0 Å². The fourth-order valence-electron chi connectivity index (χ4n) is 1.68. The molecule has 17 heavy (non-hydrogen) atoms. The Morgan fingerprint density at radius 1 is 1.65 bits per heavy atom. The molecule has 2 aromatic rings. The van der Waals surface area contributed by atoms with Crippen molar-refractivity contribution in [3.8, 4) is 0 Å². The molecule has 0 aromatic carbocycles. The number of hydrogen-bond donors (Lipinski definition) is 1. The first-order valence-corrected chi connectivity index (χ1v) is 5.83. The number of carbonyl (C=O) groups is 1. The summed E-state index contributed by atoms with van der Waals surface area (Å²) in [6, 6.07) is 3.66. The number of aromatic nitrogens is 2. The minimum absolute atomic E-state index is 0.0216. The fourth-order valence-corrected chi connectivity index (χ4v) is 2.21. The summed E-state index contributed by atoms with van der Waals surface area (Å²) in [6.07, 6.45) is 2.18. The quantitative estimate of drug-likeness (QED) is 0.871. The molecule has 0 saturated carbocycles. The predicted molar refractivity (Wildman–Crippen MR) is 65.0 cm³/mol. The van der Waals surface area contributed by atoms with Gasteiger partial charge in [0, 0.05) is 17.1 Å². The maximum Gasteiger partial charge on any atom is 0.358 e. The normalized spacial score (nSPS) is 10.8. The molecule has 1 N–H and O–H groups in total. The summed E-state index contributed by atoms with van der Waals surface area (Å²) in [5.41, 5.74) is 0.909. The molecule has 0 aliphatic rings. The number of pyridine rings is 1. The molecule has 0 aliphatic heterocycles. The zero-order valence-corrected chi connectivity index (χ0v) is 10.8. The average Bonchev–Trinajstić information content (AvgIpc) is 2.69. The van der Waals surface area contributed by atoms with Crippen LogP contribution in [0.2, 0.25) is 0 Å². The summed E-state index contributed by atoms with van der Waals surface area (Å²) in [7, 11) is 1.32. The van der Waals surface area contributed by atoms with Crippen LogP contribution in [0.4, 0.5) is 0 Å². The van der Waals surface area contributed by atoms with Crippen LogP contribution in [0.15, 0.2) is 22.8 Å². The predicted octanol–water partition coefficient (Wildman–Crippen LogP) is 1.42. The third-order valence-corrected chi connectivity index (χ3v) is 3.04. The van der Waals surface area contributed by atoms with E-state index in [1.165, 1.54) is 7.11 Å². The molecule has 0 spiro atoms. The van der Waals surface area contributed by atoms with Crippen molar-refractivity contribution >= 4 is 27.4 Å². The van der Waals surface area contributed by atoms with Gasteiger partial charge in [-0.1, -0.05) is 0 Å². The minimum atomic E-state index is -0.487. The van der Waals surface area contributed by atoms with Crippen LogP contribution in [0.5, 0.6) is 0 Å². The largest absolute Gasteiger partial charge is 0.464 e. The number of imidazole rings is 1. The van der Waals surface area contributed by atoms with Gasteiger partial charge in [0.05, 0.1) is 19.2 Å². The molecular weight excluding hydrogens is 288 g/mol. The van der Waals surface area contributed by atoms with Crippen molar-refractivity contribution in [1.82, 2.24) is 9.38 Å². The molecule has 0 fully saturated rings. The van der Waals surface area contributed by atoms with E-state index in [1.807, 2.05) is 12.1 Å². The van der Waals surface area contributed by atoms with Crippen LogP contribution in [-0.4, -0.2) is 34.2 Å². The first kappa shape index (κ1) is 12.1. The first-order chi connectivity index (χ1) is 8.19. The minimum Gasteiger partial charge on any atom is -0.464 e. The van der Waals surface area contributed by atoms with Crippen LogP contribution >= 0.6 is 15.9 Å². The number of esters is 1. The maximum absolute atomic E-state index is 11.6. The van der Waals surface area contributed by atoms with E-state index in [1.54, 1.807) is 10.6 Å². The summed E-state index contributed by atoms with van der Waals surface area (Å²) in [4.78, 5) is 15.8. The van der Waals surface area contributed by atoms with Gasteiger partial charge in [0.1, 0.15) is 5.82 Å². The van der Waals surface area contributed by atoms with Gasteiger partial charge in [0.2, 0.25) is 0 Å². The van der Waals surface area contributed by atoms with E-state index < -0.39 is 5.97 Å². The monoisotopic (exact) mass is 298 g/mol. The SMILES string of the molecule is COC(=O)c1nc(CCO)n2cccc(Br)c12. The fraction of sp³-hybridized carbons (Fsp3) is 0.273. The van der Waals surface area contributed by atoms with Crippen molar-refractivity contribution in [3.05, 3.63) is 34.3 Å². The second kappa shape index (κ2) is 4.85. The Kier molecular flexibility index (Phi) is 3.44. The summed E-state index contributed by atoms with van der Waals surface area (Å²) in [6.45, 7) is -0.0216. The standard InChI is InChI=1S/C11H11BrN2O3/c1-17-11(16)9-10-7(12)3-2-5-14(10)8(13-9)4-6-15/h2-3,5,15H,4,6H2,1H3. The lowest BCUT2D eigenvalue weighted by atomic mass is 10.3. The van der Waals surface area contributed by atoms with Gasteiger partial charge in [-0.25, -0.2) is 9.78 Å². The number of nitrogens with zero attached hydrogens (tertiary/aromatic N) is 2. The molecule has 2 rings (SSSR count). The summed E-state index contributed by atoms with van der Waals surface area (Å²) < 4.78 is 7.22. The second-order valence-electron chi connectivity index (χ2n) is 3.42. The lowest BCUT2D eigenvalue weighted by Gasteiger charge is -2.00. The van der Waals surface area contributed by atoms with Crippen molar-refractivity contribution in [2.45, 2.75) is 6.42 Å². The highest BCUT2D eigenvalue weighted by Crippen LogP contribution is 2.23. The lowest BCUT2D eigenvalue weighted by Crippen LogP contribution is -2.02. The van der Waals surface area contributed by atoms with Crippen LogP contribution in [0.1, 0.15) is 16.3 Å². The van der Waals surface area contributed by atoms with E-state index in [4.69, 9.17) is 9.84 Å². The zero-order chi connectivity index (χ0) is 12.4. The van der Waals surface area contributed by atoms with Crippen LogP contribution in [-0.2, 0) is 11.2 Å². The van der Waals surface area contributed by atoms with E-state index >= 15 is 0 Å². The van der Waals surface area contributed by atoms with Gasteiger partial charge in [0.15, 0.2) is 5.69 Å². The zero-order valence-electron chi connectivity index (χ0n) is 9.18. The molecule has 0 amide bonds. The number of ether oxygens (including phenoxy) is 1. The molecule has 0 bridgehead atoms. The number of halogens is 1. The highest BCUT2D eigenvalue weighted by molar-refractivity contribution is 9.10. The summed E-state index contributed by atoms with van der Waals surface area (Å²) in [5.74, 6) is 0.141. The molecular formula is C11H11BrN2O3. The van der Waals surface area contributed by atoms with Crippen LogP contribution in [0.25, 0.3) is 5.52 Å². The molecule has 0 radical (unpaired) electrons. The topological polar surface area (TPSA) is 63.8 Å². The first-order valence-electron chi connectivity index (χ1n) is 5.03. The Labute approximate surface area is 106 Å². The number of hydrogen-bond acceptors (Lipinski definition) is 4. The van der Waals surface area contributed by atoms with E-state index in [9.17, 15) is 4.79 Å². The Hall–Kier alpha value is -1.40. The second-order valence-corrected chi connectivity index (χ2v) is 4.27. The smallest absolute Gasteiger partial charge is 0.358 e. The molecule has 90 valence electrons. The van der Waals surface area contributed by atoms with Crippen molar-refractivity contribution < 1.29 is 14.6 Å². The van der Waals surface area contributed by atoms with Gasteiger partial charge in [0.25, 0.3) is 0 Å². The Morgan fingerprint density at radius 2 is 2.41 bits per heavy atom. The maximum atomic E-state index is 11.6. The van der Waals surface area contributed by atoms with Crippen LogP contribution in [0.3, 0.4) is 0 Å². The summed E-state index contributed by atoms with van der Waals surface area (Å²) in [5, 5.41) is 8.97. The lowest BCUT2D eigenvalue weighted by molar-refractivity contribution is 0.0596. The number of methoxy groups -OCH3 is 1.